The number of rotatable bonds is 1. The largest absolute Gasteiger partial charge is 0.103 e. The van der Waals surface area contributed by atoms with Crippen molar-refractivity contribution in [2.75, 3.05) is 0 Å². The van der Waals surface area contributed by atoms with Crippen LogP contribution in [0, 0.1) is 0 Å². The molecule has 0 atom stereocenters. The molecule has 0 fully saturated rings. The van der Waals surface area contributed by atoms with Gasteiger partial charge >= 0.3 is 0 Å². The van der Waals surface area contributed by atoms with Gasteiger partial charge in [-0.15, -0.1) is 6.58 Å². The molecular formula is C13H28. The van der Waals surface area contributed by atoms with Crippen molar-refractivity contribution in [3.63, 3.8) is 0 Å². The van der Waals surface area contributed by atoms with Crippen LogP contribution in [0.2, 0.25) is 0 Å². The molecule has 0 bridgehead atoms. The molecule has 0 aromatic heterocycles. The third kappa shape index (κ3) is 194. The second-order valence-electron chi connectivity index (χ2n) is 1.46. The lowest BCUT2D eigenvalue weighted by Gasteiger charge is -1.62. The molecule has 0 aliphatic carbocycles. The van der Waals surface area contributed by atoms with Gasteiger partial charge in [0.15, 0.2) is 0 Å². The van der Waals surface area contributed by atoms with Crippen LogP contribution in [0.5, 0.6) is 0 Å². The van der Waals surface area contributed by atoms with Gasteiger partial charge in [-0.3, -0.25) is 0 Å². The van der Waals surface area contributed by atoms with Gasteiger partial charge < -0.3 is 0 Å². The van der Waals surface area contributed by atoms with Gasteiger partial charge in [-0.2, -0.15) is 0 Å². The summed E-state index contributed by atoms with van der Waals surface area (Å²) in [5.74, 6) is 0. The zero-order valence-corrected chi connectivity index (χ0v) is 10.6. The molecule has 0 aliphatic heterocycles. The Balaban J connectivity index is -0.0000000493. The third-order valence-corrected chi connectivity index (χ3v) is 0.496. The monoisotopic (exact) mass is 184 g/mol. The van der Waals surface area contributed by atoms with E-state index in [1.54, 1.807) is 6.08 Å². The molecule has 0 rings (SSSR count). The Morgan fingerprint density at radius 2 is 0.846 bits per heavy atom. The first kappa shape index (κ1) is 22.8. The summed E-state index contributed by atoms with van der Waals surface area (Å²) in [6.07, 6.45) is 9.75. The summed E-state index contributed by atoms with van der Waals surface area (Å²) in [4.78, 5) is 0. The van der Waals surface area contributed by atoms with E-state index in [1.807, 2.05) is 72.8 Å². The van der Waals surface area contributed by atoms with Gasteiger partial charge in [0.2, 0.25) is 0 Å². The fraction of sp³-hybridized carbons (Fsp3) is 0.538. The van der Waals surface area contributed by atoms with Crippen molar-refractivity contribution in [2.24, 2.45) is 0 Å². The molecule has 0 heterocycles. The van der Waals surface area contributed by atoms with Gasteiger partial charge in [-0.05, 0) is 20.8 Å². The first-order valence-electron chi connectivity index (χ1n) is 5.14. The van der Waals surface area contributed by atoms with E-state index in [-0.39, 0.29) is 0 Å². The molecule has 0 saturated carbocycles. The van der Waals surface area contributed by atoms with Crippen molar-refractivity contribution in [3.05, 3.63) is 37.0 Å². The Morgan fingerprint density at radius 1 is 0.692 bits per heavy atom. The molecule has 0 radical (unpaired) electrons. The molecule has 0 spiro atoms. The Morgan fingerprint density at radius 3 is 0.923 bits per heavy atom. The van der Waals surface area contributed by atoms with Gasteiger partial charge in [0.25, 0.3) is 0 Å². The lowest BCUT2D eigenvalue weighted by atomic mass is 10.5. The van der Waals surface area contributed by atoms with E-state index in [0.29, 0.717) is 0 Å². The summed E-state index contributed by atoms with van der Waals surface area (Å²) < 4.78 is 0. The van der Waals surface area contributed by atoms with Gasteiger partial charge in [-0.25, -0.2) is 0 Å². The second kappa shape index (κ2) is 65.8. The Hall–Kier alpha value is -0.780. The van der Waals surface area contributed by atoms with Gasteiger partial charge in [-0.1, -0.05) is 58.1 Å². The van der Waals surface area contributed by atoms with Crippen LogP contribution in [0.25, 0.3) is 0 Å². The van der Waals surface area contributed by atoms with Crippen LogP contribution >= 0.6 is 0 Å². The second-order valence-corrected chi connectivity index (χ2v) is 1.46. The van der Waals surface area contributed by atoms with E-state index in [1.165, 1.54) is 0 Å². The lowest BCUT2D eigenvalue weighted by molar-refractivity contribution is 1.50. The maximum Gasteiger partial charge on any atom is -0.0467 e. The average molecular weight is 184 g/mol. The molecule has 0 amide bonds. The summed E-state index contributed by atoms with van der Waals surface area (Å²) in [6, 6.07) is 0. The number of hydrogen-bond acceptors (Lipinski definition) is 0. The summed E-state index contributed by atoms with van der Waals surface area (Å²) in [6.45, 7) is 17.2. The molecular weight excluding hydrogens is 156 g/mol. The molecule has 0 aromatic carbocycles. The fourth-order valence-corrected chi connectivity index (χ4v) is 0.222. The average Bonchev–Trinajstić information content (AvgIpc) is 2.22. The van der Waals surface area contributed by atoms with Gasteiger partial charge in [0.1, 0.15) is 0 Å². The van der Waals surface area contributed by atoms with Gasteiger partial charge in [0.05, 0.1) is 0 Å². The SMILES string of the molecule is C/C=C\C=C/C.C=CC.CC.CC. The van der Waals surface area contributed by atoms with Crippen molar-refractivity contribution in [3.8, 4) is 0 Å². The quantitative estimate of drug-likeness (QED) is 0.379. The van der Waals surface area contributed by atoms with E-state index in [2.05, 4.69) is 6.58 Å². The molecule has 0 aliphatic rings. The maximum atomic E-state index is 3.36. The first-order valence-corrected chi connectivity index (χ1v) is 5.14. The predicted octanol–water partition coefficient (Wildman–Crippen LogP) is 5.38. The standard InChI is InChI=1S/C6H10.C3H6.2C2H6/c1-3-5-6-4-2;1-3-2;2*1-2/h3-6H,1-2H3;3H,1H2,2H3;2*1-2H3/b5-3-,6-4-;;;. The van der Waals surface area contributed by atoms with Crippen LogP contribution in [0.1, 0.15) is 48.5 Å². The Bertz CT molecular complexity index is 76.2. The zero-order valence-electron chi connectivity index (χ0n) is 10.6. The van der Waals surface area contributed by atoms with Crippen molar-refractivity contribution in [1.82, 2.24) is 0 Å². The lowest BCUT2D eigenvalue weighted by Crippen LogP contribution is -1.40. The first-order chi connectivity index (χ1) is 6.33. The van der Waals surface area contributed by atoms with Crippen LogP contribution in [0.3, 0.4) is 0 Å². The van der Waals surface area contributed by atoms with Crippen molar-refractivity contribution in [2.45, 2.75) is 48.5 Å². The summed E-state index contributed by atoms with van der Waals surface area (Å²) in [5, 5.41) is 0. The van der Waals surface area contributed by atoms with Crippen LogP contribution in [-0.4, -0.2) is 0 Å². The number of allylic oxidation sites excluding steroid dienone is 5. The summed E-state index contributed by atoms with van der Waals surface area (Å²) >= 11 is 0. The molecule has 0 N–H and O–H groups in total. The van der Waals surface area contributed by atoms with Crippen molar-refractivity contribution >= 4 is 0 Å². The molecule has 0 saturated heterocycles. The van der Waals surface area contributed by atoms with Crippen LogP contribution in [0.4, 0.5) is 0 Å². The van der Waals surface area contributed by atoms with E-state index >= 15 is 0 Å². The molecule has 0 heteroatoms. The topological polar surface area (TPSA) is 0 Å². The van der Waals surface area contributed by atoms with Crippen LogP contribution < -0.4 is 0 Å². The van der Waals surface area contributed by atoms with E-state index < -0.39 is 0 Å². The normalized spacial score (nSPS) is 7.31. The van der Waals surface area contributed by atoms with E-state index in [4.69, 9.17) is 0 Å². The highest BCUT2D eigenvalue weighted by Gasteiger charge is 1.48. The van der Waals surface area contributed by atoms with Crippen molar-refractivity contribution in [1.29, 1.82) is 0 Å². The highest BCUT2D eigenvalue weighted by Crippen LogP contribution is 1.71. The van der Waals surface area contributed by atoms with Crippen molar-refractivity contribution < 1.29 is 0 Å². The Labute approximate surface area is 86.1 Å². The Kier molecular flexibility index (Phi) is 115. The molecule has 13 heavy (non-hydrogen) atoms. The fourth-order valence-electron chi connectivity index (χ4n) is 0.222. The molecule has 0 nitrogen and oxygen atoms in total. The molecule has 80 valence electrons. The predicted molar refractivity (Wildman–Crippen MR) is 68.2 cm³/mol. The minimum atomic E-state index is 1.75. The minimum absolute atomic E-state index is 1.75. The molecule has 0 aromatic rings. The summed E-state index contributed by atoms with van der Waals surface area (Å²) in [7, 11) is 0. The summed E-state index contributed by atoms with van der Waals surface area (Å²) in [5.41, 5.74) is 0. The third-order valence-electron chi connectivity index (χ3n) is 0.496. The van der Waals surface area contributed by atoms with E-state index in [0.717, 1.165) is 0 Å². The van der Waals surface area contributed by atoms with Crippen LogP contribution in [0.15, 0.2) is 37.0 Å². The minimum Gasteiger partial charge on any atom is -0.103 e. The van der Waals surface area contributed by atoms with Gasteiger partial charge in [0, 0.05) is 0 Å². The number of hydrogen-bond donors (Lipinski definition) is 0. The maximum absolute atomic E-state index is 3.36. The van der Waals surface area contributed by atoms with E-state index in [9.17, 15) is 0 Å². The van der Waals surface area contributed by atoms with Crippen LogP contribution in [-0.2, 0) is 0 Å². The highest BCUT2D eigenvalue weighted by atomic mass is 13.6. The highest BCUT2D eigenvalue weighted by molar-refractivity contribution is 4.98. The molecule has 0 unspecified atom stereocenters. The smallest absolute Gasteiger partial charge is 0.0467 e. The zero-order chi connectivity index (χ0) is 11.5.